The first kappa shape index (κ1) is 19.2. The Bertz CT molecular complexity index is 906. The molecule has 0 aliphatic rings. The van der Waals surface area contributed by atoms with Crippen LogP contribution in [0.5, 0.6) is 0 Å². The quantitative estimate of drug-likeness (QED) is 0.578. The van der Waals surface area contributed by atoms with Gasteiger partial charge in [-0.2, -0.15) is 0 Å². The molecule has 2 aromatic carbocycles. The average Bonchev–Trinajstić information content (AvgIpc) is 3.18. The third-order valence-corrected chi connectivity index (χ3v) is 5.64. The van der Waals surface area contributed by atoms with E-state index in [-0.39, 0.29) is 11.8 Å². The highest BCUT2D eigenvalue weighted by molar-refractivity contribution is 7.99. The summed E-state index contributed by atoms with van der Waals surface area (Å²) in [5.74, 6) is 0.959. The first-order valence-corrected chi connectivity index (χ1v) is 10.5. The van der Waals surface area contributed by atoms with Crippen LogP contribution in [0.3, 0.4) is 0 Å². The van der Waals surface area contributed by atoms with Crippen LogP contribution < -0.4 is 10.6 Å². The third-order valence-electron chi connectivity index (χ3n) is 3.77. The Morgan fingerprint density at radius 1 is 0.963 bits per heavy atom. The van der Waals surface area contributed by atoms with Gasteiger partial charge in [0.05, 0.1) is 10.6 Å². The smallest absolute Gasteiger partial charge is 0.265 e. The van der Waals surface area contributed by atoms with E-state index in [9.17, 15) is 9.59 Å². The van der Waals surface area contributed by atoms with Crippen LogP contribution in [0.1, 0.15) is 20.8 Å². The van der Waals surface area contributed by atoms with E-state index in [4.69, 9.17) is 0 Å². The Kier molecular flexibility index (Phi) is 6.68. The van der Waals surface area contributed by atoms with Crippen molar-refractivity contribution in [1.82, 2.24) is 0 Å². The molecular formula is C21H20N2O2S2. The van der Waals surface area contributed by atoms with Crippen LogP contribution >= 0.6 is 23.1 Å². The number of rotatable bonds is 7. The number of hydrogen-bond donors (Lipinski definition) is 2. The van der Waals surface area contributed by atoms with Crippen LogP contribution in [0.2, 0.25) is 0 Å². The Morgan fingerprint density at radius 2 is 1.70 bits per heavy atom. The van der Waals surface area contributed by atoms with Crippen molar-refractivity contribution in [3.05, 3.63) is 82.0 Å². The van der Waals surface area contributed by atoms with Crippen molar-refractivity contribution in [3.8, 4) is 0 Å². The van der Waals surface area contributed by atoms with Crippen LogP contribution in [0.15, 0.2) is 66.0 Å². The van der Waals surface area contributed by atoms with Gasteiger partial charge in [-0.15, -0.1) is 23.1 Å². The maximum atomic E-state index is 12.2. The number of hydrogen-bond acceptors (Lipinski definition) is 4. The monoisotopic (exact) mass is 396 g/mol. The Balaban J connectivity index is 1.49. The van der Waals surface area contributed by atoms with Gasteiger partial charge < -0.3 is 10.6 Å². The lowest BCUT2D eigenvalue weighted by Gasteiger charge is -2.08. The minimum absolute atomic E-state index is 0.0613. The minimum Gasteiger partial charge on any atom is -0.325 e. The van der Waals surface area contributed by atoms with Crippen molar-refractivity contribution in [3.63, 3.8) is 0 Å². The summed E-state index contributed by atoms with van der Waals surface area (Å²) in [5, 5.41) is 7.58. The summed E-state index contributed by atoms with van der Waals surface area (Å²) in [7, 11) is 0. The molecule has 0 unspecified atom stereocenters. The second-order valence-electron chi connectivity index (χ2n) is 6.04. The highest BCUT2D eigenvalue weighted by atomic mass is 32.2. The molecule has 2 N–H and O–H groups in total. The lowest BCUT2D eigenvalue weighted by atomic mass is 10.2. The zero-order chi connectivity index (χ0) is 19.1. The van der Waals surface area contributed by atoms with Gasteiger partial charge in [0.15, 0.2) is 0 Å². The zero-order valence-electron chi connectivity index (χ0n) is 14.9. The number of anilines is 2. The van der Waals surface area contributed by atoms with Gasteiger partial charge in [0.1, 0.15) is 0 Å². The third kappa shape index (κ3) is 5.98. The van der Waals surface area contributed by atoms with E-state index in [1.807, 2.05) is 17.5 Å². The second kappa shape index (κ2) is 9.39. The molecule has 138 valence electrons. The number of amides is 2. The van der Waals surface area contributed by atoms with Gasteiger partial charge in [0.25, 0.3) is 5.91 Å². The van der Waals surface area contributed by atoms with Crippen LogP contribution in [0.25, 0.3) is 0 Å². The summed E-state index contributed by atoms with van der Waals surface area (Å²) in [5.41, 5.74) is 3.75. The summed E-state index contributed by atoms with van der Waals surface area (Å²) in [6, 6.07) is 19.1. The van der Waals surface area contributed by atoms with Gasteiger partial charge in [-0.3, -0.25) is 9.59 Å². The normalized spacial score (nSPS) is 10.4. The molecule has 0 aliphatic heterocycles. The van der Waals surface area contributed by atoms with E-state index in [1.54, 1.807) is 36.0 Å². The first-order valence-electron chi connectivity index (χ1n) is 8.48. The molecule has 3 rings (SSSR count). The van der Waals surface area contributed by atoms with Crippen LogP contribution in [-0.4, -0.2) is 17.6 Å². The van der Waals surface area contributed by atoms with Crippen molar-refractivity contribution in [2.45, 2.75) is 12.7 Å². The number of carbonyl (C=O) groups excluding carboxylic acids is 2. The molecule has 0 spiro atoms. The molecule has 0 radical (unpaired) electrons. The molecule has 4 nitrogen and oxygen atoms in total. The van der Waals surface area contributed by atoms with Crippen LogP contribution in [0.4, 0.5) is 11.4 Å². The molecule has 0 atom stereocenters. The standard InChI is InChI=1S/C21H20N2O2S2/c1-15-7-9-16(10-8-15)13-26-14-20(24)22-17-4-2-5-18(12-17)23-21(25)19-6-3-11-27-19/h2-12H,13-14H2,1H3,(H,22,24)(H,23,25). The van der Waals surface area contributed by atoms with E-state index >= 15 is 0 Å². The number of nitrogens with one attached hydrogen (secondary N) is 2. The maximum Gasteiger partial charge on any atom is 0.265 e. The number of carbonyl (C=O) groups is 2. The maximum absolute atomic E-state index is 12.2. The zero-order valence-corrected chi connectivity index (χ0v) is 16.5. The summed E-state index contributed by atoms with van der Waals surface area (Å²) < 4.78 is 0. The summed E-state index contributed by atoms with van der Waals surface area (Å²) >= 11 is 2.96. The SMILES string of the molecule is Cc1ccc(CSCC(=O)Nc2cccc(NC(=O)c3cccs3)c2)cc1. The predicted molar refractivity (Wildman–Crippen MR) is 115 cm³/mol. The number of thioether (sulfide) groups is 1. The van der Waals surface area contributed by atoms with Crippen molar-refractivity contribution >= 4 is 46.3 Å². The van der Waals surface area contributed by atoms with Crippen LogP contribution in [-0.2, 0) is 10.5 Å². The summed E-state index contributed by atoms with van der Waals surface area (Å²) in [6.07, 6.45) is 0. The molecule has 2 amide bonds. The fraction of sp³-hybridized carbons (Fsp3) is 0.143. The molecule has 1 heterocycles. The van der Waals surface area contributed by atoms with E-state index in [2.05, 4.69) is 41.8 Å². The fourth-order valence-corrected chi connectivity index (χ4v) is 3.82. The van der Waals surface area contributed by atoms with E-state index in [0.29, 0.717) is 22.0 Å². The van der Waals surface area contributed by atoms with Gasteiger partial charge in [-0.25, -0.2) is 0 Å². The molecule has 3 aromatic rings. The molecule has 27 heavy (non-hydrogen) atoms. The molecular weight excluding hydrogens is 376 g/mol. The molecule has 0 saturated carbocycles. The summed E-state index contributed by atoms with van der Waals surface area (Å²) in [4.78, 5) is 24.9. The topological polar surface area (TPSA) is 58.2 Å². The van der Waals surface area contributed by atoms with Crippen LogP contribution in [0, 0.1) is 6.92 Å². The van der Waals surface area contributed by atoms with E-state index in [1.165, 1.54) is 22.5 Å². The molecule has 0 aliphatic carbocycles. The highest BCUT2D eigenvalue weighted by Crippen LogP contribution is 2.18. The molecule has 6 heteroatoms. The molecule has 0 saturated heterocycles. The minimum atomic E-state index is -0.151. The van der Waals surface area contributed by atoms with Crippen molar-refractivity contribution < 1.29 is 9.59 Å². The number of benzene rings is 2. The first-order chi connectivity index (χ1) is 13.1. The highest BCUT2D eigenvalue weighted by Gasteiger charge is 2.08. The van der Waals surface area contributed by atoms with Gasteiger partial charge in [0, 0.05) is 17.1 Å². The number of thiophene rings is 1. The second-order valence-corrected chi connectivity index (χ2v) is 7.97. The molecule has 0 fully saturated rings. The molecule has 1 aromatic heterocycles. The van der Waals surface area contributed by atoms with Crippen molar-refractivity contribution in [1.29, 1.82) is 0 Å². The van der Waals surface area contributed by atoms with Crippen molar-refractivity contribution in [2.75, 3.05) is 16.4 Å². The molecule has 0 bridgehead atoms. The van der Waals surface area contributed by atoms with Gasteiger partial charge in [0.2, 0.25) is 5.91 Å². The summed E-state index contributed by atoms with van der Waals surface area (Å²) in [6.45, 7) is 2.06. The van der Waals surface area contributed by atoms with Gasteiger partial charge in [-0.1, -0.05) is 42.0 Å². The fourth-order valence-electron chi connectivity index (χ4n) is 2.42. The average molecular weight is 397 g/mol. The van der Waals surface area contributed by atoms with E-state index in [0.717, 1.165) is 5.75 Å². The van der Waals surface area contributed by atoms with Gasteiger partial charge >= 0.3 is 0 Å². The van der Waals surface area contributed by atoms with E-state index < -0.39 is 0 Å². The number of aryl methyl sites for hydroxylation is 1. The van der Waals surface area contributed by atoms with Crippen molar-refractivity contribution in [2.24, 2.45) is 0 Å². The lowest BCUT2D eigenvalue weighted by Crippen LogP contribution is -2.15. The largest absolute Gasteiger partial charge is 0.325 e. The lowest BCUT2D eigenvalue weighted by molar-refractivity contribution is -0.113. The Morgan fingerprint density at radius 3 is 2.41 bits per heavy atom. The predicted octanol–water partition coefficient (Wildman–Crippen LogP) is 5.18. The Hall–Kier alpha value is -2.57. The van der Waals surface area contributed by atoms with Gasteiger partial charge in [-0.05, 0) is 42.1 Å². The Labute approximate surface area is 167 Å².